The summed E-state index contributed by atoms with van der Waals surface area (Å²) in [5.41, 5.74) is 10.5. The summed E-state index contributed by atoms with van der Waals surface area (Å²) >= 11 is 0. The summed E-state index contributed by atoms with van der Waals surface area (Å²) in [6.45, 7) is 9.93. The zero-order valence-corrected chi connectivity index (χ0v) is 27.2. The van der Waals surface area contributed by atoms with Crippen molar-refractivity contribution in [2.75, 3.05) is 31.9 Å². The first-order chi connectivity index (χ1) is 23.9. The summed E-state index contributed by atoms with van der Waals surface area (Å²) in [6.07, 6.45) is 10.2. The number of nitrogens with two attached hydrogens (primary N) is 1. The van der Waals surface area contributed by atoms with E-state index in [2.05, 4.69) is 53.9 Å². The molecule has 0 amide bonds. The van der Waals surface area contributed by atoms with Crippen molar-refractivity contribution < 1.29 is 8.78 Å². The van der Waals surface area contributed by atoms with Gasteiger partial charge in [-0.25, -0.2) is 28.8 Å². The lowest BCUT2D eigenvalue weighted by Crippen LogP contribution is -2.46. The third kappa shape index (κ3) is 8.01. The molecule has 2 aliphatic heterocycles. The highest BCUT2D eigenvalue weighted by atomic mass is 19.1. The molecule has 5 aromatic rings. The van der Waals surface area contributed by atoms with E-state index in [0.29, 0.717) is 23.1 Å². The molecule has 7 rings (SSSR count). The lowest BCUT2D eigenvalue weighted by molar-refractivity contribution is 0.220. The Balaban J connectivity index is 0.000000171. The first-order valence-electron chi connectivity index (χ1n) is 16.1. The normalized spacial score (nSPS) is 14.9. The predicted molar refractivity (Wildman–Crippen MR) is 188 cm³/mol. The maximum Gasteiger partial charge on any atom is 0.253 e. The van der Waals surface area contributed by atoms with Crippen LogP contribution in [0.5, 0.6) is 0 Å². The number of benzene rings is 2. The average Bonchev–Trinajstić information content (AvgIpc) is 3.60. The van der Waals surface area contributed by atoms with E-state index in [-0.39, 0.29) is 11.6 Å². The van der Waals surface area contributed by atoms with Crippen molar-refractivity contribution in [1.29, 1.82) is 0 Å². The fourth-order valence-electron chi connectivity index (χ4n) is 5.38. The number of aromatic nitrogens is 5. The molecular formula is C36H37F2N11. The van der Waals surface area contributed by atoms with E-state index in [4.69, 9.17) is 5.73 Å². The Hall–Kier alpha value is -5.82. The van der Waals surface area contributed by atoms with Gasteiger partial charge in [0.2, 0.25) is 0 Å². The van der Waals surface area contributed by atoms with Crippen molar-refractivity contribution in [2.45, 2.75) is 26.2 Å². The summed E-state index contributed by atoms with van der Waals surface area (Å²) < 4.78 is 28.0. The molecule has 2 aromatic carbocycles. The number of nitrogen functional groups attached to an aromatic ring is 1. The molecule has 1 fully saturated rings. The minimum Gasteiger partial charge on any atom is -0.384 e. The number of fused-ring (bicyclic) bond motifs is 1. The number of hydrogen-bond acceptors (Lipinski definition) is 10. The number of pyridine rings is 1. The molecule has 5 heterocycles. The van der Waals surface area contributed by atoms with Crippen LogP contribution in [0.15, 0.2) is 114 Å². The maximum absolute atomic E-state index is 13.2. The number of rotatable bonds is 8. The second-order valence-corrected chi connectivity index (χ2v) is 11.4. The van der Waals surface area contributed by atoms with Crippen LogP contribution in [0.1, 0.15) is 31.7 Å². The Labute approximate surface area is 283 Å². The first kappa shape index (κ1) is 33.1. The zero-order valence-electron chi connectivity index (χ0n) is 27.2. The first-order valence-corrected chi connectivity index (χ1v) is 16.1. The van der Waals surface area contributed by atoms with Crippen molar-refractivity contribution in [3.63, 3.8) is 0 Å². The van der Waals surface area contributed by atoms with Gasteiger partial charge < -0.3 is 16.0 Å². The number of allylic oxidation sites excluding steroid dienone is 1. The number of hydrogen-bond donors (Lipinski definition) is 2. The smallest absolute Gasteiger partial charge is 0.253 e. The van der Waals surface area contributed by atoms with Gasteiger partial charge in [-0.2, -0.15) is 19.7 Å². The summed E-state index contributed by atoms with van der Waals surface area (Å²) in [5.74, 6) is 1.87. The molecule has 0 saturated carbocycles. The quantitative estimate of drug-likeness (QED) is 0.156. The van der Waals surface area contributed by atoms with E-state index in [9.17, 15) is 8.78 Å². The lowest BCUT2D eigenvalue weighted by atomic mass is 10.1. The molecule has 3 aromatic heterocycles. The van der Waals surface area contributed by atoms with Crippen LogP contribution in [0.2, 0.25) is 0 Å². The van der Waals surface area contributed by atoms with Gasteiger partial charge in [0.05, 0.1) is 17.1 Å². The lowest BCUT2D eigenvalue weighted by Gasteiger charge is -2.37. The Bertz CT molecular complexity index is 1990. The highest BCUT2D eigenvalue weighted by molar-refractivity contribution is 6.10. The van der Waals surface area contributed by atoms with E-state index in [1.54, 1.807) is 41.0 Å². The molecule has 13 heteroatoms. The third-order valence-electron chi connectivity index (χ3n) is 7.91. The van der Waals surface area contributed by atoms with Crippen LogP contribution in [0, 0.1) is 11.6 Å². The summed E-state index contributed by atoms with van der Waals surface area (Å²) in [5, 5.41) is 14.0. The Morgan fingerprint density at radius 3 is 2.35 bits per heavy atom. The third-order valence-corrected chi connectivity index (χ3v) is 7.91. The summed E-state index contributed by atoms with van der Waals surface area (Å²) in [7, 11) is 0. The molecule has 0 bridgehead atoms. The maximum atomic E-state index is 13.2. The van der Waals surface area contributed by atoms with Crippen molar-refractivity contribution >= 4 is 23.5 Å². The fraction of sp³-hybridized carbons (Fsp3) is 0.222. The van der Waals surface area contributed by atoms with Gasteiger partial charge >= 0.3 is 0 Å². The van der Waals surface area contributed by atoms with Crippen molar-refractivity contribution in [2.24, 2.45) is 10.1 Å². The van der Waals surface area contributed by atoms with Crippen molar-refractivity contribution in [1.82, 2.24) is 39.8 Å². The minimum atomic E-state index is -0.292. The SMILES string of the molecule is C=C1N=C(c2ccc(F)cc2)C=C(N2CCNCC2)N1/N=C\CCCC.Nc1cc(-c2cc(-c3ccc(F)cc3)nc3ncnn23)ccn1. The number of nitrogens with one attached hydrogen (secondary N) is 1. The average molecular weight is 662 g/mol. The number of anilines is 1. The van der Waals surface area contributed by atoms with Crippen LogP contribution in [0.25, 0.3) is 28.3 Å². The molecule has 0 unspecified atom stereocenters. The number of aliphatic imine (C=N–C) groups is 1. The van der Waals surface area contributed by atoms with Crippen LogP contribution >= 0.6 is 0 Å². The second-order valence-electron chi connectivity index (χ2n) is 11.4. The predicted octanol–water partition coefficient (Wildman–Crippen LogP) is 5.90. The molecule has 0 radical (unpaired) electrons. The Kier molecular flexibility index (Phi) is 10.4. The van der Waals surface area contributed by atoms with Crippen LogP contribution in [-0.4, -0.2) is 72.6 Å². The Morgan fingerprint density at radius 2 is 1.65 bits per heavy atom. The molecular weight excluding hydrogens is 624 g/mol. The van der Waals surface area contributed by atoms with Gasteiger partial charge in [0.1, 0.15) is 35.4 Å². The van der Waals surface area contributed by atoms with Crippen molar-refractivity contribution in [3.05, 3.63) is 121 Å². The molecule has 0 atom stereocenters. The molecule has 250 valence electrons. The van der Waals surface area contributed by atoms with Gasteiger partial charge in [-0.15, -0.1) is 0 Å². The molecule has 11 nitrogen and oxygen atoms in total. The number of hydrazone groups is 1. The minimum absolute atomic E-state index is 0.252. The van der Waals surface area contributed by atoms with Gasteiger partial charge in [-0.05, 0) is 79.6 Å². The number of unbranched alkanes of at least 4 members (excludes halogenated alkanes) is 2. The molecule has 49 heavy (non-hydrogen) atoms. The summed E-state index contributed by atoms with van der Waals surface area (Å²) in [6, 6.07) is 18.0. The standard InChI is InChI=1S/C20H26FN5.C16H11FN6/c1-3-4-5-10-23-26-16(2)24-19(17-6-8-18(21)9-7-17)15-20(26)25-13-11-22-12-14-25;17-12-3-1-10(2-4-12)13-8-14(11-5-6-19-15(18)7-11)23-16(22-13)20-9-21-23/h6-10,15,22H,2-5,11-14H2,1H3;1-9H,(H2,18,19)/b23-10-;. The van der Waals surface area contributed by atoms with Crippen LogP contribution in [-0.2, 0) is 0 Å². The van der Waals surface area contributed by atoms with Crippen LogP contribution in [0.3, 0.4) is 0 Å². The summed E-state index contributed by atoms with van der Waals surface area (Å²) in [4.78, 5) is 19.5. The highest BCUT2D eigenvalue weighted by Crippen LogP contribution is 2.27. The number of halogens is 2. The fourth-order valence-corrected chi connectivity index (χ4v) is 5.38. The zero-order chi connectivity index (χ0) is 34.2. The molecule has 2 aliphatic rings. The van der Waals surface area contributed by atoms with E-state index in [1.165, 1.54) is 30.6 Å². The van der Waals surface area contributed by atoms with E-state index < -0.39 is 0 Å². The molecule has 0 aliphatic carbocycles. The topological polar surface area (TPSA) is 125 Å². The number of nitrogens with zero attached hydrogens (tertiary/aromatic N) is 9. The van der Waals surface area contributed by atoms with Gasteiger partial charge in [0, 0.05) is 61.4 Å². The van der Waals surface area contributed by atoms with Crippen LogP contribution in [0.4, 0.5) is 14.6 Å². The van der Waals surface area contributed by atoms with Crippen molar-refractivity contribution in [3.8, 4) is 22.5 Å². The molecule has 3 N–H and O–H groups in total. The van der Waals surface area contributed by atoms with Gasteiger partial charge in [-0.3, -0.25) is 0 Å². The highest BCUT2D eigenvalue weighted by Gasteiger charge is 2.25. The van der Waals surface area contributed by atoms with E-state index >= 15 is 0 Å². The second kappa shape index (κ2) is 15.4. The Morgan fingerprint density at radius 1 is 0.939 bits per heavy atom. The van der Waals surface area contributed by atoms with Gasteiger partial charge in [0.25, 0.3) is 5.78 Å². The van der Waals surface area contributed by atoms with E-state index in [0.717, 1.165) is 79.4 Å². The largest absolute Gasteiger partial charge is 0.384 e. The van der Waals surface area contributed by atoms with Gasteiger partial charge in [0.15, 0.2) is 0 Å². The number of piperazine rings is 1. The van der Waals surface area contributed by atoms with E-state index in [1.807, 2.05) is 29.4 Å². The monoisotopic (exact) mass is 661 g/mol. The van der Waals surface area contributed by atoms with Gasteiger partial charge in [-0.1, -0.05) is 19.9 Å². The molecule has 1 saturated heterocycles. The molecule has 0 spiro atoms. The van der Waals surface area contributed by atoms with Crippen LogP contribution < -0.4 is 11.1 Å².